The predicted octanol–water partition coefficient (Wildman–Crippen LogP) is 4.07. The summed E-state index contributed by atoms with van der Waals surface area (Å²) in [6, 6.07) is 17.7. The molecule has 2 N–H and O–H groups in total. The Labute approximate surface area is 210 Å². The van der Waals surface area contributed by atoms with Crippen LogP contribution in [0.25, 0.3) is 11.1 Å². The van der Waals surface area contributed by atoms with Gasteiger partial charge in [-0.25, -0.2) is 0 Å². The molecule has 9 heteroatoms. The minimum Gasteiger partial charge on any atom is -0.428 e. The smallest absolute Gasteiger partial charge is 0.314 e. The van der Waals surface area contributed by atoms with Crippen LogP contribution in [0.4, 0.5) is 0 Å². The van der Waals surface area contributed by atoms with Crippen LogP contribution >= 0.6 is 0 Å². The Bertz CT molecular complexity index is 1130. The maximum absolute atomic E-state index is 12.8. The van der Waals surface area contributed by atoms with Gasteiger partial charge in [-0.15, -0.1) is 5.10 Å². The van der Waals surface area contributed by atoms with Gasteiger partial charge in [-0.2, -0.15) is 0 Å². The van der Waals surface area contributed by atoms with Crippen LogP contribution in [-0.2, 0) is 25.5 Å². The van der Waals surface area contributed by atoms with Crippen molar-refractivity contribution in [2.75, 3.05) is 6.79 Å². The molecule has 0 aliphatic heterocycles. The summed E-state index contributed by atoms with van der Waals surface area (Å²) in [4.78, 5) is 37.0. The van der Waals surface area contributed by atoms with E-state index in [1.54, 1.807) is 13.8 Å². The zero-order chi connectivity index (χ0) is 26.0. The first kappa shape index (κ1) is 26.6. The van der Waals surface area contributed by atoms with E-state index in [9.17, 15) is 14.4 Å². The van der Waals surface area contributed by atoms with Crippen molar-refractivity contribution in [2.24, 2.45) is 5.41 Å². The maximum atomic E-state index is 12.8. The van der Waals surface area contributed by atoms with Gasteiger partial charge in [-0.1, -0.05) is 66.7 Å². The summed E-state index contributed by atoms with van der Waals surface area (Å²) in [5.74, 6) is -1.31. The zero-order valence-electron chi connectivity index (χ0n) is 20.8. The van der Waals surface area contributed by atoms with Crippen molar-refractivity contribution in [3.63, 3.8) is 0 Å². The van der Waals surface area contributed by atoms with Gasteiger partial charge in [-0.3, -0.25) is 19.5 Å². The molecule has 0 aliphatic rings. The predicted molar refractivity (Wildman–Crippen MR) is 134 cm³/mol. The van der Waals surface area contributed by atoms with E-state index in [0.717, 1.165) is 16.7 Å². The monoisotopic (exact) mass is 492 g/mol. The number of aromatic nitrogens is 3. The topological polar surface area (TPSA) is 123 Å². The number of nitrogens with one attached hydrogen (secondary N) is 2. The number of H-pyrrole nitrogens is 1. The van der Waals surface area contributed by atoms with E-state index in [1.165, 1.54) is 6.20 Å². The van der Waals surface area contributed by atoms with Gasteiger partial charge in [0, 0.05) is 12.5 Å². The Kier molecular flexibility index (Phi) is 9.32. The molecule has 9 nitrogen and oxygen atoms in total. The minimum atomic E-state index is -0.953. The molecule has 0 fully saturated rings. The number of hydrogen-bond acceptors (Lipinski definition) is 7. The molecule has 0 spiro atoms. The van der Waals surface area contributed by atoms with E-state index in [4.69, 9.17) is 9.47 Å². The minimum absolute atomic E-state index is 0.225. The Morgan fingerprint density at radius 1 is 1.00 bits per heavy atom. The summed E-state index contributed by atoms with van der Waals surface area (Å²) in [6.45, 7) is 4.90. The lowest BCUT2D eigenvalue weighted by Gasteiger charge is -2.28. The van der Waals surface area contributed by atoms with E-state index in [2.05, 4.69) is 20.7 Å². The van der Waals surface area contributed by atoms with Gasteiger partial charge in [0.2, 0.25) is 6.79 Å². The molecular formula is C27H32N4O5. The average molecular weight is 493 g/mol. The lowest BCUT2D eigenvalue weighted by molar-refractivity contribution is -0.174. The number of benzene rings is 2. The molecule has 0 aliphatic carbocycles. The number of amides is 1. The van der Waals surface area contributed by atoms with Gasteiger partial charge in [0.05, 0.1) is 11.6 Å². The van der Waals surface area contributed by atoms with Crippen molar-refractivity contribution < 1.29 is 23.9 Å². The van der Waals surface area contributed by atoms with E-state index < -0.39 is 30.2 Å². The van der Waals surface area contributed by atoms with E-state index in [0.29, 0.717) is 19.3 Å². The SMILES string of the molecule is CCCC(=O)OCOC(=O)C(C)(C)C[C@@H](Cc1ccc(-c2ccccc2)cc1)NC(=O)c1cnn[nH]1. The Balaban J connectivity index is 1.69. The molecule has 3 rings (SSSR count). The summed E-state index contributed by atoms with van der Waals surface area (Å²) in [5, 5.41) is 12.8. The number of aromatic amines is 1. The molecule has 0 unspecified atom stereocenters. The highest BCUT2D eigenvalue weighted by Gasteiger charge is 2.34. The van der Waals surface area contributed by atoms with Crippen molar-refractivity contribution >= 4 is 17.8 Å². The van der Waals surface area contributed by atoms with Gasteiger partial charge in [0.15, 0.2) is 0 Å². The summed E-state index contributed by atoms with van der Waals surface area (Å²) < 4.78 is 10.1. The highest BCUT2D eigenvalue weighted by atomic mass is 16.7. The van der Waals surface area contributed by atoms with Crippen LogP contribution in [0.5, 0.6) is 0 Å². The first-order valence-corrected chi connectivity index (χ1v) is 11.9. The van der Waals surface area contributed by atoms with Gasteiger partial charge in [-0.05, 0) is 49.8 Å². The van der Waals surface area contributed by atoms with Crippen LogP contribution < -0.4 is 5.32 Å². The second-order valence-corrected chi connectivity index (χ2v) is 9.21. The van der Waals surface area contributed by atoms with Gasteiger partial charge < -0.3 is 14.8 Å². The summed E-state index contributed by atoms with van der Waals surface area (Å²) >= 11 is 0. The molecule has 0 saturated heterocycles. The molecule has 36 heavy (non-hydrogen) atoms. The molecule has 190 valence electrons. The average Bonchev–Trinajstić information content (AvgIpc) is 3.40. The van der Waals surface area contributed by atoms with Crippen LogP contribution in [0.3, 0.4) is 0 Å². The number of esters is 2. The molecule has 0 bridgehead atoms. The molecular weight excluding hydrogens is 460 g/mol. The summed E-state index contributed by atoms with van der Waals surface area (Å²) in [7, 11) is 0. The zero-order valence-corrected chi connectivity index (χ0v) is 20.8. The molecule has 1 aromatic heterocycles. The van der Waals surface area contributed by atoms with E-state index in [1.807, 2.05) is 61.5 Å². The fraction of sp³-hybridized carbons (Fsp3) is 0.370. The number of hydrogen-bond donors (Lipinski definition) is 2. The third-order valence-electron chi connectivity index (χ3n) is 5.71. The van der Waals surface area contributed by atoms with E-state index in [-0.39, 0.29) is 18.0 Å². The van der Waals surface area contributed by atoms with Gasteiger partial charge in [0.25, 0.3) is 5.91 Å². The largest absolute Gasteiger partial charge is 0.428 e. The number of nitrogens with zero attached hydrogens (tertiary/aromatic N) is 2. The number of rotatable bonds is 12. The van der Waals surface area contributed by atoms with Crippen molar-refractivity contribution in [3.8, 4) is 11.1 Å². The quantitative estimate of drug-likeness (QED) is 0.288. The number of carbonyl (C=O) groups excluding carboxylic acids is 3. The molecule has 1 atom stereocenters. The second-order valence-electron chi connectivity index (χ2n) is 9.21. The molecule has 3 aromatic rings. The fourth-order valence-corrected chi connectivity index (χ4v) is 3.81. The lowest BCUT2D eigenvalue weighted by Crippen LogP contribution is -2.42. The summed E-state index contributed by atoms with van der Waals surface area (Å²) in [6.07, 6.45) is 3.04. The Morgan fingerprint density at radius 3 is 2.33 bits per heavy atom. The third kappa shape index (κ3) is 7.76. The molecule has 2 aromatic carbocycles. The van der Waals surface area contributed by atoms with E-state index >= 15 is 0 Å². The molecule has 0 radical (unpaired) electrons. The molecule has 0 saturated carbocycles. The standard InChI is InChI=1S/C27H32N4O5/c1-4-8-24(32)35-18-36-26(34)27(2,3)16-22(29-25(33)23-17-28-31-30-23)15-19-11-13-21(14-12-19)20-9-6-5-7-10-20/h5-7,9-14,17,22H,4,8,15-16,18H2,1-3H3,(H,29,33)(H,28,30,31)/t22-/m1/s1. The van der Waals surface area contributed by atoms with Crippen LogP contribution in [-0.4, -0.2) is 46.1 Å². The van der Waals surface area contributed by atoms with Crippen molar-refractivity contribution in [1.82, 2.24) is 20.7 Å². The van der Waals surface area contributed by atoms with Crippen LogP contribution in [0.15, 0.2) is 60.8 Å². The number of carbonyl (C=O) groups is 3. The first-order valence-electron chi connectivity index (χ1n) is 11.9. The molecule has 1 heterocycles. The summed E-state index contributed by atoms with van der Waals surface area (Å²) in [5.41, 5.74) is 2.47. The molecule has 1 amide bonds. The third-order valence-corrected chi connectivity index (χ3v) is 5.71. The lowest BCUT2D eigenvalue weighted by atomic mass is 9.83. The van der Waals surface area contributed by atoms with Crippen LogP contribution in [0, 0.1) is 5.41 Å². The van der Waals surface area contributed by atoms with Crippen molar-refractivity contribution in [2.45, 2.75) is 52.5 Å². The van der Waals surface area contributed by atoms with Crippen LogP contribution in [0.2, 0.25) is 0 Å². The number of ether oxygens (including phenoxy) is 2. The highest BCUT2D eigenvalue weighted by Crippen LogP contribution is 2.27. The Morgan fingerprint density at radius 2 is 1.69 bits per heavy atom. The van der Waals surface area contributed by atoms with Gasteiger partial charge in [0.1, 0.15) is 5.69 Å². The van der Waals surface area contributed by atoms with Crippen molar-refractivity contribution in [3.05, 3.63) is 72.1 Å². The fourth-order valence-electron chi connectivity index (χ4n) is 3.81. The second kappa shape index (κ2) is 12.6. The maximum Gasteiger partial charge on any atom is 0.314 e. The van der Waals surface area contributed by atoms with Crippen LogP contribution in [0.1, 0.15) is 56.1 Å². The highest BCUT2D eigenvalue weighted by molar-refractivity contribution is 5.92. The Hall–Kier alpha value is -4.01. The van der Waals surface area contributed by atoms with Gasteiger partial charge >= 0.3 is 11.9 Å². The first-order chi connectivity index (χ1) is 17.3. The van der Waals surface area contributed by atoms with Crippen molar-refractivity contribution in [1.29, 1.82) is 0 Å². The normalized spacial score (nSPS) is 12.0.